The van der Waals surface area contributed by atoms with Crippen molar-refractivity contribution in [1.82, 2.24) is 0 Å². The van der Waals surface area contributed by atoms with Crippen molar-refractivity contribution >= 4 is 22.8 Å². The second kappa shape index (κ2) is 6.91. The molecule has 3 atom stereocenters. The summed E-state index contributed by atoms with van der Waals surface area (Å²) in [6.45, 7) is 0. The molecule has 0 aromatic carbocycles. The van der Waals surface area contributed by atoms with Gasteiger partial charge in [-0.2, -0.15) is 0 Å². The van der Waals surface area contributed by atoms with E-state index in [0.29, 0.717) is 12.8 Å². The van der Waals surface area contributed by atoms with Gasteiger partial charge in [-0.3, -0.25) is 13.7 Å². The minimum absolute atomic E-state index is 0.154. The summed E-state index contributed by atoms with van der Waals surface area (Å²) in [5.41, 5.74) is 0. The first kappa shape index (κ1) is 19.5. The van der Waals surface area contributed by atoms with Crippen LogP contribution in [0.5, 0.6) is 0 Å². The lowest BCUT2D eigenvalue weighted by Crippen LogP contribution is -2.31. The molecule has 12 heteroatoms. The highest BCUT2D eigenvalue weighted by Gasteiger charge is 2.39. The van der Waals surface area contributed by atoms with Crippen LogP contribution in [0.3, 0.4) is 0 Å². The van der Waals surface area contributed by atoms with Crippen LogP contribution in [0, 0.1) is 17.8 Å². The standard InChI is InChI=1S/C9H21O9P3/c10-19(11,12)4-7-1-2-8(5-20(13,14)15)9(3-7)6-21(16,17)18/h7-9H,1-6H2,(H2,10,11,12)(H2,13,14,15)(H2,16,17,18)/t7-,8+,9+/m1/s1. The third-order valence-corrected chi connectivity index (χ3v) is 6.57. The SMILES string of the molecule is O=P(O)(O)C[C@@H]1CC[C@@H](CP(=O)(O)O)[C@H](CP(=O)(O)O)C1. The van der Waals surface area contributed by atoms with Gasteiger partial charge in [0.05, 0.1) is 18.5 Å². The van der Waals surface area contributed by atoms with E-state index in [1.165, 1.54) is 0 Å². The molecule has 21 heavy (non-hydrogen) atoms. The Hall–Kier alpha value is 0.450. The average molecular weight is 366 g/mol. The molecule has 0 amide bonds. The topological polar surface area (TPSA) is 173 Å². The molecule has 1 fully saturated rings. The zero-order valence-electron chi connectivity index (χ0n) is 11.2. The van der Waals surface area contributed by atoms with Crippen LogP contribution in [0.4, 0.5) is 0 Å². The van der Waals surface area contributed by atoms with Gasteiger partial charge in [0.1, 0.15) is 0 Å². The van der Waals surface area contributed by atoms with Crippen LogP contribution in [-0.4, -0.2) is 47.8 Å². The molecule has 1 rings (SSSR count). The Bertz CT molecular complexity index is 489. The number of hydrogen-bond acceptors (Lipinski definition) is 3. The molecule has 0 spiro atoms. The highest BCUT2D eigenvalue weighted by molar-refractivity contribution is 7.52. The van der Waals surface area contributed by atoms with Crippen LogP contribution in [-0.2, 0) is 13.7 Å². The van der Waals surface area contributed by atoms with E-state index < -0.39 is 52.9 Å². The van der Waals surface area contributed by atoms with Gasteiger partial charge in [0.25, 0.3) is 0 Å². The lowest BCUT2D eigenvalue weighted by atomic mass is 9.76. The molecule has 0 heterocycles. The van der Waals surface area contributed by atoms with Gasteiger partial charge in [0.2, 0.25) is 0 Å². The minimum Gasteiger partial charge on any atom is -0.324 e. The van der Waals surface area contributed by atoms with Gasteiger partial charge in [-0.05, 0) is 37.0 Å². The second-order valence-corrected chi connectivity index (χ2v) is 10.8. The van der Waals surface area contributed by atoms with E-state index in [4.69, 9.17) is 29.4 Å². The lowest BCUT2D eigenvalue weighted by molar-refractivity contribution is 0.203. The Balaban J connectivity index is 2.81. The zero-order valence-corrected chi connectivity index (χ0v) is 13.9. The first-order valence-corrected chi connectivity index (χ1v) is 11.8. The van der Waals surface area contributed by atoms with E-state index >= 15 is 0 Å². The summed E-state index contributed by atoms with van der Waals surface area (Å²) in [5.74, 6) is -1.59. The second-order valence-electron chi connectivity index (χ2n) is 5.74. The molecule has 6 N–H and O–H groups in total. The summed E-state index contributed by atoms with van der Waals surface area (Å²) in [4.78, 5) is 54.1. The molecular weight excluding hydrogens is 345 g/mol. The van der Waals surface area contributed by atoms with Crippen molar-refractivity contribution in [3.63, 3.8) is 0 Å². The molecule has 1 aliphatic carbocycles. The molecule has 1 aliphatic rings. The number of rotatable bonds is 6. The Kier molecular flexibility index (Phi) is 6.42. The van der Waals surface area contributed by atoms with Crippen molar-refractivity contribution in [2.24, 2.45) is 17.8 Å². The summed E-state index contributed by atoms with van der Waals surface area (Å²) in [6.07, 6.45) is -0.516. The predicted molar refractivity (Wildman–Crippen MR) is 75.1 cm³/mol. The van der Waals surface area contributed by atoms with Crippen LogP contribution in [0.25, 0.3) is 0 Å². The predicted octanol–water partition coefficient (Wildman–Crippen LogP) is 0.552. The molecule has 1 saturated carbocycles. The summed E-state index contributed by atoms with van der Waals surface area (Å²) >= 11 is 0. The van der Waals surface area contributed by atoms with Crippen LogP contribution in [0.15, 0.2) is 0 Å². The van der Waals surface area contributed by atoms with Crippen molar-refractivity contribution in [2.45, 2.75) is 19.3 Å². The van der Waals surface area contributed by atoms with Crippen molar-refractivity contribution in [3.8, 4) is 0 Å². The van der Waals surface area contributed by atoms with Crippen molar-refractivity contribution < 1.29 is 43.1 Å². The van der Waals surface area contributed by atoms with Crippen LogP contribution >= 0.6 is 22.8 Å². The maximum atomic E-state index is 11.1. The van der Waals surface area contributed by atoms with Crippen molar-refractivity contribution in [2.75, 3.05) is 18.5 Å². The maximum absolute atomic E-state index is 11.1. The monoisotopic (exact) mass is 366 g/mol. The zero-order chi connectivity index (χ0) is 16.5. The smallest absolute Gasteiger partial charge is 0.324 e. The fourth-order valence-corrected chi connectivity index (χ4v) is 6.16. The molecular formula is C9H21O9P3. The van der Waals surface area contributed by atoms with Gasteiger partial charge in [0, 0.05) is 0 Å². The largest absolute Gasteiger partial charge is 0.325 e. The molecule has 0 saturated heterocycles. The van der Waals surface area contributed by atoms with Gasteiger partial charge in [-0.1, -0.05) is 0 Å². The maximum Gasteiger partial charge on any atom is 0.325 e. The molecule has 0 aromatic heterocycles. The molecule has 0 bridgehead atoms. The molecule has 0 radical (unpaired) electrons. The molecule has 9 nitrogen and oxygen atoms in total. The molecule has 126 valence electrons. The van der Waals surface area contributed by atoms with E-state index in [-0.39, 0.29) is 12.6 Å². The normalized spacial score (nSPS) is 28.6. The quantitative estimate of drug-likeness (QED) is 0.367. The average Bonchev–Trinajstić information content (AvgIpc) is 2.15. The lowest BCUT2D eigenvalue weighted by Gasteiger charge is -2.36. The number of hydrogen-bond donors (Lipinski definition) is 6. The van der Waals surface area contributed by atoms with E-state index in [2.05, 4.69) is 0 Å². The first-order valence-electron chi connectivity index (χ1n) is 6.39. The van der Waals surface area contributed by atoms with E-state index in [9.17, 15) is 13.7 Å². The first-order chi connectivity index (χ1) is 9.25. The van der Waals surface area contributed by atoms with Crippen molar-refractivity contribution in [1.29, 1.82) is 0 Å². The fraction of sp³-hybridized carbons (Fsp3) is 1.00. The highest BCUT2D eigenvalue weighted by atomic mass is 31.2. The van der Waals surface area contributed by atoms with Gasteiger partial charge in [-0.15, -0.1) is 0 Å². The van der Waals surface area contributed by atoms with Gasteiger partial charge in [-0.25, -0.2) is 0 Å². The summed E-state index contributed by atoms with van der Waals surface area (Å²) < 4.78 is 33.3. The van der Waals surface area contributed by atoms with Crippen LogP contribution < -0.4 is 0 Å². The van der Waals surface area contributed by atoms with Gasteiger partial charge >= 0.3 is 22.8 Å². The third-order valence-electron chi connectivity index (χ3n) is 3.69. The Morgan fingerprint density at radius 2 is 1.10 bits per heavy atom. The summed E-state index contributed by atoms with van der Waals surface area (Å²) in [7, 11) is -12.9. The fourth-order valence-electron chi connectivity index (χ4n) is 3.00. The van der Waals surface area contributed by atoms with Crippen LogP contribution in [0.1, 0.15) is 19.3 Å². The van der Waals surface area contributed by atoms with E-state index in [0.717, 1.165) is 0 Å². The Morgan fingerprint density at radius 3 is 1.52 bits per heavy atom. The Labute approximate surface area is 122 Å². The van der Waals surface area contributed by atoms with Gasteiger partial charge in [0.15, 0.2) is 0 Å². The van der Waals surface area contributed by atoms with Gasteiger partial charge < -0.3 is 29.4 Å². The minimum atomic E-state index is -4.36. The molecule has 0 aromatic rings. The molecule has 0 aliphatic heterocycles. The molecule has 0 unspecified atom stereocenters. The van der Waals surface area contributed by atoms with E-state index in [1.54, 1.807) is 0 Å². The van der Waals surface area contributed by atoms with Crippen molar-refractivity contribution in [3.05, 3.63) is 0 Å². The third kappa shape index (κ3) is 8.60. The Morgan fingerprint density at radius 1 is 0.667 bits per heavy atom. The summed E-state index contributed by atoms with van der Waals surface area (Å²) in [5, 5.41) is 0. The highest BCUT2D eigenvalue weighted by Crippen LogP contribution is 2.51. The van der Waals surface area contributed by atoms with E-state index in [1.807, 2.05) is 0 Å². The van der Waals surface area contributed by atoms with Crippen LogP contribution in [0.2, 0.25) is 0 Å². The summed E-state index contributed by atoms with van der Waals surface area (Å²) in [6, 6.07) is 0.